The van der Waals surface area contributed by atoms with Crippen LogP contribution in [0.3, 0.4) is 0 Å². The SMILES string of the molecule is COc1ccccc1Oc1c(O)nc(-c2ncccn2)nc1N(C(C)(C)C)S(=O)(=O)c1ccccc1. The summed E-state index contributed by atoms with van der Waals surface area (Å²) in [6, 6.07) is 16.3. The fraction of sp³-hybridized carbons (Fsp3) is 0.200. The van der Waals surface area contributed by atoms with Crippen LogP contribution in [0.1, 0.15) is 20.8 Å². The predicted molar refractivity (Wildman–Crippen MR) is 134 cm³/mol. The molecule has 11 heteroatoms. The molecule has 0 aliphatic rings. The Labute approximate surface area is 209 Å². The van der Waals surface area contributed by atoms with Gasteiger partial charge >= 0.3 is 0 Å². The third kappa shape index (κ3) is 4.91. The molecule has 0 aliphatic carbocycles. The van der Waals surface area contributed by atoms with Gasteiger partial charge in [0.1, 0.15) is 0 Å². The Morgan fingerprint density at radius 3 is 2.06 bits per heavy atom. The third-order valence-electron chi connectivity index (χ3n) is 4.96. The van der Waals surface area contributed by atoms with Gasteiger partial charge in [-0.25, -0.2) is 27.7 Å². The smallest absolute Gasteiger partial charge is 0.266 e. The molecule has 0 radical (unpaired) electrons. The molecule has 0 aliphatic heterocycles. The molecule has 0 saturated heterocycles. The number of para-hydroxylation sites is 2. The lowest BCUT2D eigenvalue weighted by Gasteiger charge is -2.36. The summed E-state index contributed by atoms with van der Waals surface area (Å²) in [6.45, 7) is 5.12. The molecular formula is C25H25N5O5S. The maximum Gasteiger partial charge on any atom is 0.266 e. The van der Waals surface area contributed by atoms with E-state index in [2.05, 4.69) is 19.9 Å². The summed E-state index contributed by atoms with van der Waals surface area (Å²) in [6.07, 6.45) is 2.98. The second-order valence-corrected chi connectivity index (χ2v) is 10.4. The number of anilines is 1. The summed E-state index contributed by atoms with van der Waals surface area (Å²) in [7, 11) is -2.71. The number of sulfonamides is 1. The molecule has 4 aromatic rings. The standard InChI is InChI=1S/C25H25N5O5S/c1-25(2,3)30(36(32,33)17-11-6-5-7-12-17)23-20(35-19-14-9-8-13-18(19)34-4)24(31)29-22(28-23)21-26-15-10-16-27-21/h5-16H,1-4H3,(H,28,29,31). The van der Waals surface area contributed by atoms with E-state index in [0.29, 0.717) is 5.75 Å². The summed E-state index contributed by atoms with van der Waals surface area (Å²) >= 11 is 0. The average molecular weight is 508 g/mol. The zero-order chi connectivity index (χ0) is 25.9. The van der Waals surface area contributed by atoms with Crippen molar-refractivity contribution in [2.75, 3.05) is 11.4 Å². The number of hydrogen-bond donors (Lipinski definition) is 1. The largest absolute Gasteiger partial charge is 0.493 e. The first-order valence-corrected chi connectivity index (χ1v) is 12.4. The lowest BCUT2D eigenvalue weighted by Crippen LogP contribution is -2.46. The van der Waals surface area contributed by atoms with Crippen molar-refractivity contribution in [3.63, 3.8) is 0 Å². The highest BCUT2D eigenvalue weighted by Gasteiger charge is 2.39. The van der Waals surface area contributed by atoms with Gasteiger partial charge in [0.15, 0.2) is 23.1 Å². The lowest BCUT2D eigenvalue weighted by molar-refractivity contribution is 0.360. The number of rotatable bonds is 7. The number of benzene rings is 2. The maximum absolute atomic E-state index is 13.9. The first kappa shape index (κ1) is 24.9. The van der Waals surface area contributed by atoms with Crippen LogP contribution >= 0.6 is 0 Å². The van der Waals surface area contributed by atoms with Gasteiger partial charge in [-0.1, -0.05) is 30.3 Å². The van der Waals surface area contributed by atoms with Gasteiger partial charge in [0, 0.05) is 17.9 Å². The van der Waals surface area contributed by atoms with Crippen molar-refractivity contribution in [2.45, 2.75) is 31.2 Å². The Kier molecular flexibility index (Phi) is 6.75. The second-order valence-electron chi connectivity index (χ2n) is 8.60. The second kappa shape index (κ2) is 9.78. The monoisotopic (exact) mass is 507 g/mol. The van der Waals surface area contributed by atoms with Gasteiger partial charge in [-0.05, 0) is 51.1 Å². The normalized spacial score (nSPS) is 11.7. The predicted octanol–water partition coefficient (Wildman–Crippen LogP) is 4.43. The molecule has 0 unspecified atom stereocenters. The maximum atomic E-state index is 13.9. The molecule has 0 fully saturated rings. The van der Waals surface area contributed by atoms with Gasteiger partial charge in [-0.15, -0.1) is 0 Å². The third-order valence-corrected chi connectivity index (χ3v) is 7.03. The van der Waals surface area contributed by atoms with Crippen molar-refractivity contribution in [1.82, 2.24) is 19.9 Å². The van der Waals surface area contributed by atoms with E-state index in [-0.39, 0.29) is 33.9 Å². The molecule has 0 saturated carbocycles. The Morgan fingerprint density at radius 2 is 1.44 bits per heavy atom. The minimum atomic E-state index is -4.18. The van der Waals surface area contributed by atoms with E-state index >= 15 is 0 Å². The molecule has 0 amide bonds. The van der Waals surface area contributed by atoms with Crippen molar-refractivity contribution in [2.24, 2.45) is 0 Å². The Balaban J connectivity index is 2.00. The minimum absolute atomic E-state index is 0.0405. The summed E-state index contributed by atoms with van der Waals surface area (Å²) in [5, 5.41) is 11.0. The average Bonchev–Trinajstić information content (AvgIpc) is 2.86. The fourth-order valence-corrected chi connectivity index (χ4v) is 5.26. The molecule has 1 N–H and O–H groups in total. The highest BCUT2D eigenvalue weighted by atomic mass is 32.2. The van der Waals surface area contributed by atoms with E-state index in [9.17, 15) is 13.5 Å². The van der Waals surface area contributed by atoms with Crippen molar-refractivity contribution < 1.29 is 23.0 Å². The van der Waals surface area contributed by atoms with Crippen LogP contribution in [0.2, 0.25) is 0 Å². The topological polar surface area (TPSA) is 128 Å². The first-order chi connectivity index (χ1) is 17.1. The van der Waals surface area contributed by atoms with Crippen molar-refractivity contribution in [3.05, 3.63) is 73.1 Å². The van der Waals surface area contributed by atoms with Crippen molar-refractivity contribution in [3.8, 4) is 34.8 Å². The molecule has 0 spiro atoms. The van der Waals surface area contributed by atoms with Crippen LogP contribution in [0.4, 0.5) is 5.82 Å². The van der Waals surface area contributed by atoms with Crippen LogP contribution in [-0.4, -0.2) is 46.1 Å². The van der Waals surface area contributed by atoms with E-state index in [4.69, 9.17) is 9.47 Å². The van der Waals surface area contributed by atoms with Crippen LogP contribution in [-0.2, 0) is 10.0 Å². The van der Waals surface area contributed by atoms with Gasteiger partial charge < -0.3 is 14.6 Å². The van der Waals surface area contributed by atoms with Gasteiger partial charge in [0.25, 0.3) is 15.9 Å². The lowest BCUT2D eigenvalue weighted by atomic mass is 10.1. The zero-order valence-corrected chi connectivity index (χ0v) is 21.0. The zero-order valence-electron chi connectivity index (χ0n) is 20.2. The number of hydrogen-bond acceptors (Lipinski definition) is 9. The van der Waals surface area contributed by atoms with Crippen LogP contribution in [0.25, 0.3) is 11.6 Å². The van der Waals surface area contributed by atoms with E-state index in [0.717, 1.165) is 4.31 Å². The van der Waals surface area contributed by atoms with Gasteiger partial charge in [0.2, 0.25) is 11.6 Å². The van der Waals surface area contributed by atoms with E-state index < -0.39 is 21.4 Å². The van der Waals surface area contributed by atoms with E-state index in [1.165, 1.54) is 31.6 Å². The van der Waals surface area contributed by atoms with Gasteiger partial charge in [-0.2, -0.15) is 4.98 Å². The summed E-state index contributed by atoms with van der Waals surface area (Å²) in [5.74, 6) is -0.426. The number of methoxy groups -OCH3 is 1. The summed E-state index contributed by atoms with van der Waals surface area (Å²) < 4.78 is 40.3. The summed E-state index contributed by atoms with van der Waals surface area (Å²) in [5.41, 5.74) is -1.04. The first-order valence-electron chi connectivity index (χ1n) is 10.9. The van der Waals surface area contributed by atoms with Crippen LogP contribution in [0.15, 0.2) is 78.0 Å². The number of aromatic hydroxyl groups is 1. The molecule has 4 rings (SSSR count). The van der Waals surface area contributed by atoms with Crippen LogP contribution in [0.5, 0.6) is 23.1 Å². The Bertz CT molecular complexity index is 1460. The Morgan fingerprint density at radius 1 is 0.833 bits per heavy atom. The highest BCUT2D eigenvalue weighted by molar-refractivity contribution is 7.92. The van der Waals surface area contributed by atoms with Crippen molar-refractivity contribution >= 4 is 15.8 Å². The highest BCUT2D eigenvalue weighted by Crippen LogP contribution is 2.44. The molecule has 0 atom stereocenters. The van der Waals surface area contributed by atoms with Gasteiger partial charge in [-0.3, -0.25) is 0 Å². The number of aromatic nitrogens is 4. The van der Waals surface area contributed by atoms with Crippen LogP contribution in [0, 0.1) is 0 Å². The van der Waals surface area contributed by atoms with Crippen LogP contribution < -0.4 is 13.8 Å². The molecule has 0 bridgehead atoms. The molecule has 186 valence electrons. The van der Waals surface area contributed by atoms with Crippen molar-refractivity contribution in [1.29, 1.82) is 0 Å². The minimum Gasteiger partial charge on any atom is -0.493 e. The molecule has 36 heavy (non-hydrogen) atoms. The molecular weight excluding hydrogens is 482 g/mol. The molecule has 10 nitrogen and oxygen atoms in total. The number of nitrogens with zero attached hydrogens (tertiary/aromatic N) is 5. The molecule has 2 aromatic carbocycles. The fourth-order valence-electron chi connectivity index (χ4n) is 3.47. The van der Waals surface area contributed by atoms with E-state index in [1.807, 2.05) is 0 Å². The Hall–Kier alpha value is -4.25. The van der Waals surface area contributed by atoms with Gasteiger partial charge in [0.05, 0.1) is 12.0 Å². The number of ether oxygens (including phenoxy) is 2. The quantitative estimate of drug-likeness (QED) is 0.386. The molecule has 2 heterocycles. The summed E-state index contributed by atoms with van der Waals surface area (Å²) in [4.78, 5) is 16.9. The molecule has 2 aromatic heterocycles. The van der Waals surface area contributed by atoms with E-state index in [1.54, 1.807) is 69.3 Å².